The van der Waals surface area contributed by atoms with Gasteiger partial charge in [0.1, 0.15) is 17.7 Å². The molecular formula is C18H26FNO. The van der Waals surface area contributed by atoms with Crippen molar-refractivity contribution in [3.05, 3.63) is 29.6 Å². The fraction of sp³-hybridized carbons (Fsp3) is 0.667. The third-order valence-corrected chi connectivity index (χ3v) is 4.91. The molecule has 2 nitrogen and oxygen atoms in total. The zero-order valence-electron chi connectivity index (χ0n) is 12.9. The molecule has 1 aromatic rings. The zero-order valence-corrected chi connectivity index (χ0v) is 12.9. The molecule has 0 saturated heterocycles. The van der Waals surface area contributed by atoms with Gasteiger partial charge in [-0.3, -0.25) is 0 Å². The van der Waals surface area contributed by atoms with Crippen molar-refractivity contribution in [3.8, 4) is 5.75 Å². The molecule has 1 aromatic carbocycles. The molecule has 1 saturated carbocycles. The van der Waals surface area contributed by atoms with Crippen molar-refractivity contribution in [1.82, 2.24) is 5.32 Å². The van der Waals surface area contributed by atoms with E-state index in [4.69, 9.17) is 4.74 Å². The second-order valence-electron chi connectivity index (χ2n) is 6.48. The summed E-state index contributed by atoms with van der Waals surface area (Å²) in [5.41, 5.74) is 0.996. The quantitative estimate of drug-likeness (QED) is 0.875. The molecule has 2 aliphatic rings. The van der Waals surface area contributed by atoms with Gasteiger partial charge in [0.15, 0.2) is 0 Å². The van der Waals surface area contributed by atoms with Crippen LogP contribution in [0.5, 0.6) is 5.75 Å². The first kappa shape index (κ1) is 14.8. The third-order valence-electron chi connectivity index (χ3n) is 4.91. The van der Waals surface area contributed by atoms with Gasteiger partial charge in [-0.05, 0) is 49.9 Å². The Balaban J connectivity index is 1.80. The molecule has 0 amide bonds. The van der Waals surface area contributed by atoms with Gasteiger partial charge in [-0.15, -0.1) is 0 Å². The second kappa shape index (κ2) is 6.78. The maximum atomic E-state index is 13.6. The summed E-state index contributed by atoms with van der Waals surface area (Å²) >= 11 is 0. The van der Waals surface area contributed by atoms with Crippen LogP contribution in [-0.4, -0.2) is 12.6 Å². The van der Waals surface area contributed by atoms with Crippen LogP contribution in [0.15, 0.2) is 18.2 Å². The number of hydrogen-bond donors (Lipinski definition) is 1. The van der Waals surface area contributed by atoms with Gasteiger partial charge in [0, 0.05) is 18.0 Å². The lowest BCUT2D eigenvalue weighted by atomic mass is 9.81. The summed E-state index contributed by atoms with van der Waals surface area (Å²) in [6, 6.07) is 5.19. The van der Waals surface area contributed by atoms with E-state index in [-0.39, 0.29) is 18.0 Å². The van der Waals surface area contributed by atoms with E-state index < -0.39 is 0 Å². The van der Waals surface area contributed by atoms with Crippen molar-refractivity contribution in [3.63, 3.8) is 0 Å². The summed E-state index contributed by atoms with van der Waals surface area (Å²) in [5, 5.41) is 3.58. The Bertz CT molecular complexity index is 470. The lowest BCUT2D eigenvalue weighted by Gasteiger charge is -2.38. The topological polar surface area (TPSA) is 21.3 Å². The highest BCUT2D eigenvalue weighted by molar-refractivity contribution is 5.38. The van der Waals surface area contributed by atoms with E-state index in [1.165, 1.54) is 38.2 Å². The van der Waals surface area contributed by atoms with E-state index in [2.05, 4.69) is 12.2 Å². The molecule has 1 fully saturated rings. The Hall–Kier alpha value is -1.09. The van der Waals surface area contributed by atoms with Crippen LogP contribution in [0.2, 0.25) is 0 Å². The summed E-state index contributed by atoms with van der Waals surface area (Å²) in [6.45, 7) is 3.13. The number of ether oxygens (including phenoxy) is 1. The van der Waals surface area contributed by atoms with E-state index in [0.717, 1.165) is 30.7 Å². The molecule has 116 valence electrons. The van der Waals surface area contributed by atoms with Gasteiger partial charge in [0.25, 0.3) is 0 Å². The highest BCUT2D eigenvalue weighted by Gasteiger charge is 2.33. The fourth-order valence-electron chi connectivity index (χ4n) is 3.78. The molecule has 0 radical (unpaired) electrons. The third kappa shape index (κ3) is 3.39. The minimum atomic E-state index is -0.170. The van der Waals surface area contributed by atoms with Crippen LogP contribution in [0, 0.1) is 11.7 Å². The van der Waals surface area contributed by atoms with Gasteiger partial charge >= 0.3 is 0 Å². The van der Waals surface area contributed by atoms with Gasteiger partial charge in [-0.1, -0.05) is 26.2 Å². The SMILES string of the molecule is CCCNC1CC(C2CCCCC2)Oc2ccc(F)cc21. The van der Waals surface area contributed by atoms with Crippen LogP contribution in [0.4, 0.5) is 4.39 Å². The molecule has 0 spiro atoms. The van der Waals surface area contributed by atoms with Crippen molar-refractivity contribution in [1.29, 1.82) is 0 Å². The second-order valence-corrected chi connectivity index (χ2v) is 6.48. The van der Waals surface area contributed by atoms with Crippen LogP contribution in [0.25, 0.3) is 0 Å². The number of benzene rings is 1. The van der Waals surface area contributed by atoms with Crippen molar-refractivity contribution in [2.75, 3.05) is 6.54 Å². The molecule has 2 unspecified atom stereocenters. The lowest BCUT2D eigenvalue weighted by molar-refractivity contribution is 0.0726. The molecule has 0 bridgehead atoms. The number of nitrogens with one attached hydrogen (secondary N) is 1. The Kier molecular flexibility index (Phi) is 4.79. The minimum Gasteiger partial charge on any atom is -0.490 e. The van der Waals surface area contributed by atoms with Gasteiger partial charge in [-0.25, -0.2) is 4.39 Å². The molecule has 3 heteroatoms. The molecular weight excluding hydrogens is 265 g/mol. The first-order valence-corrected chi connectivity index (χ1v) is 8.47. The predicted octanol–water partition coefficient (Wildman–Crippen LogP) is 4.60. The zero-order chi connectivity index (χ0) is 14.7. The van der Waals surface area contributed by atoms with Gasteiger partial charge in [0.05, 0.1) is 0 Å². The van der Waals surface area contributed by atoms with Crippen molar-refractivity contribution in [2.45, 2.75) is 64.0 Å². The van der Waals surface area contributed by atoms with Crippen LogP contribution in [0.1, 0.15) is 63.5 Å². The normalized spacial score (nSPS) is 26.2. The first-order valence-electron chi connectivity index (χ1n) is 8.47. The maximum absolute atomic E-state index is 13.6. The van der Waals surface area contributed by atoms with Gasteiger partial charge in [0.2, 0.25) is 0 Å². The summed E-state index contributed by atoms with van der Waals surface area (Å²) in [6.07, 6.45) is 8.93. The highest BCUT2D eigenvalue weighted by atomic mass is 19.1. The molecule has 1 aliphatic carbocycles. The van der Waals surface area contributed by atoms with E-state index in [0.29, 0.717) is 5.92 Å². The largest absolute Gasteiger partial charge is 0.490 e. The molecule has 3 rings (SSSR count). The number of rotatable bonds is 4. The smallest absolute Gasteiger partial charge is 0.124 e. The average Bonchev–Trinajstić information content (AvgIpc) is 2.53. The number of fused-ring (bicyclic) bond motifs is 1. The van der Waals surface area contributed by atoms with Crippen molar-refractivity contribution in [2.24, 2.45) is 5.92 Å². The first-order chi connectivity index (χ1) is 10.3. The van der Waals surface area contributed by atoms with Gasteiger partial charge in [-0.2, -0.15) is 0 Å². The summed E-state index contributed by atoms with van der Waals surface area (Å²) in [4.78, 5) is 0. The summed E-state index contributed by atoms with van der Waals surface area (Å²) < 4.78 is 19.8. The summed E-state index contributed by atoms with van der Waals surface area (Å²) in [7, 11) is 0. The van der Waals surface area contributed by atoms with E-state index >= 15 is 0 Å². The Labute approximate surface area is 127 Å². The number of hydrogen-bond acceptors (Lipinski definition) is 2. The Morgan fingerprint density at radius 3 is 2.81 bits per heavy atom. The predicted molar refractivity (Wildman–Crippen MR) is 83.0 cm³/mol. The van der Waals surface area contributed by atoms with E-state index in [1.807, 2.05) is 0 Å². The molecule has 21 heavy (non-hydrogen) atoms. The molecule has 1 aliphatic heterocycles. The van der Waals surface area contributed by atoms with Gasteiger partial charge < -0.3 is 10.1 Å². The standard InChI is InChI=1S/C18H26FNO/c1-2-10-20-16-12-18(13-6-4-3-5-7-13)21-17-9-8-14(19)11-15(16)17/h8-9,11,13,16,18,20H,2-7,10,12H2,1H3. The Morgan fingerprint density at radius 2 is 2.05 bits per heavy atom. The molecule has 2 atom stereocenters. The van der Waals surface area contributed by atoms with Crippen molar-refractivity contribution >= 4 is 0 Å². The van der Waals surface area contributed by atoms with E-state index in [9.17, 15) is 4.39 Å². The molecule has 1 heterocycles. The monoisotopic (exact) mass is 291 g/mol. The average molecular weight is 291 g/mol. The highest BCUT2D eigenvalue weighted by Crippen LogP contribution is 2.40. The van der Waals surface area contributed by atoms with E-state index in [1.54, 1.807) is 12.1 Å². The Morgan fingerprint density at radius 1 is 1.24 bits per heavy atom. The maximum Gasteiger partial charge on any atom is 0.124 e. The van der Waals surface area contributed by atoms with Crippen molar-refractivity contribution < 1.29 is 9.13 Å². The van der Waals surface area contributed by atoms with Crippen LogP contribution >= 0.6 is 0 Å². The minimum absolute atomic E-state index is 0.170. The van der Waals surface area contributed by atoms with Crippen LogP contribution < -0.4 is 10.1 Å². The molecule has 0 aromatic heterocycles. The van der Waals surface area contributed by atoms with Crippen LogP contribution in [0.3, 0.4) is 0 Å². The summed E-state index contributed by atoms with van der Waals surface area (Å²) in [5.74, 6) is 1.38. The van der Waals surface area contributed by atoms with Crippen LogP contribution in [-0.2, 0) is 0 Å². The molecule has 1 N–H and O–H groups in total. The fourth-order valence-corrected chi connectivity index (χ4v) is 3.78. The lowest BCUT2D eigenvalue weighted by Crippen LogP contribution is -2.38. The number of halogens is 1.